The van der Waals surface area contributed by atoms with E-state index in [1.165, 1.54) is 11.8 Å². The van der Waals surface area contributed by atoms with Crippen molar-refractivity contribution in [2.75, 3.05) is 7.11 Å². The van der Waals surface area contributed by atoms with Gasteiger partial charge in [0.25, 0.3) is 5.91 Å². The van der Waals surface area contributed by atoms with E-state index in [2.05, 4.69) is 15.3 Å². The maximum Gasteiger partial charge on any atom is 0.305 e. The molecule has 0 radical (unpaired) electrons. The van der Waals surface area contributed by atoms with Crippen molar-refractivity contribution in [2.24, 2.45) is 4.99 Å². The molecule has 2 heterocycles. The minimum atomic E-state index is -0.237. The lowest BCUT2D eigenvalue weighted by Crippen LogP contribution is -2.19. The molecule has 0 aliphatic carbocycles. The number of carbonyl (C=O) groups is 1. The van der Waals surface area contributed by atoms with Gasteiger partial charge in [-0.05, 0) is 30.0 Å². The van der Waals surface area contributed by atoms with Gasteiger partial charge in [-0.1, -0.05) is 23.5 Å². The third-order valence-electron chi connectivity index (χ3n) is 2.77. The Kier molecular flexibility index (Phi) is 4.12. The molecule has 8 heteroatoms. The van der Waals surface area contributed by atoms with E-state index in [0.717, 1.165) is 11.3 Å². The fourth-order valence-corrected chi connectivity index (χ4v) is 3.34. The SMILES string of the molecule is COc1ccccc1N=C1NC(=O)/C(=C/c2c[nH]c(=O)s2)S1. The fraction of sp³-hybridized carbons (Fsp3) is 0.0714. The third-order valence-corrected chi connectivity index (χ3v) is 4.46. The molecule has 0 bridgehead atoms. The Hall–Kier alpha value is -2.32. The van der Waals surface area contributed by atoms with Crippen LogP contribution in [0, 0.1) is 0 Å². The standard InChI is InChI=1S/C14H11N3O3S2/c1-20-10-5-3-2-4-9(10)16-13-17-12(18)11(22-13)6-8-7-15-14(19)21-8/h2-7H,1H3,(H,15,19)(H,16,17,18)/b11-6-. The zero-order valence-electron chi connectivity index (χ0n) is 11.5. The molecule has 112 valence electrons. The van der Waals surface area contributed by atoms with Crippen LogP contribution >= 0.6 is 23.1 Å². The van der Waals surface area contributed by atoms with Gasteiger partial charge in [0.05, 0.1) is 12.0 Å². The summed E-state index contributed by atoms with van der Waals surface area (Å²) in [7, 11) is 1.57. The number of amidine groups is 1. The molecular formula is C14H11N3O3S2. The van der Waals surface area contributed by atoms with E-state index >= 15 is 0 Å². The maximum atomic E-state index is 11.9. The molecule has 0 unspecified atom stereocenters. The summed E-state index contributed by atoms with van der Waals surface area (Å²) in [6, 6.07) is 7.30. The Morgan fingerprint density at radius 3 is 2.82 bits per heavy atom. The molecule has 1 aromatic heterocycles. The second-order valence-electron chi connectivity index (χ2n) is 4.23. The smallest absolute Gasteiger partial charge is 0.305 e. The number of rotatable bonds is 3. The van der Waals surface area contributed by atoms with Crippen molar-refractivity contribution in [3.8, 4) is 5.75 Å². The number of hydrogen-bond donors (Lipinski definition) is 2. The Balaban J connectivity index is 1.86. The van der Waals surface area contributed by atoms with Gasteiger partial charge in [-0.2, -0.15) is 0 Å². The number of methoxy groups -OCH3 is 1. The number of amides is 1. The highest BCUT2D eigenvalue weighted by atomic mass is 32.2. The first-order chi connectivity index (χ1) is 10.7. The van der Waals surface area contributed by atoms with Crippen LogP contribution in [0.15, 0.2) is 45.2 Å². The summed E-state index contributed by atoms with van der Waals surface area (Å²) in [5.41, 5.74) is 0.639. The third kappa shape index (κ3) is 3.12. The summed E-state index contributed by atoms with van der Waals surface area (Å²) in [4.78, 5) is 31.0. The van der Waals surface area contributed by atoms with E-state index in [4.69, 9.17) is 4.74 Å². The van der Waals surface area contributed by atoms with Gasteiger partial charge in [0, 0.05) is 11.1 Å². The number of nitrogens with zero attached hydrogens (tertiary/aromatic N) is 1. The number of aliphatic imine (C=N–C) groups is 1. The molecule has 2 aromatic rings. The summed E-state index contributed by atoms with van der Waals surface area (Å²) in [6.45, 7) is 0. The van der Waals surface area contributed by atoms with Crippen LogP contribution in [0.1, 0.15) is 4.88 Å². The van der Waals surface area contributed by atoms with E-state index < -0.39 is 0 Å². The Bertz CT molecular complexity index is 836. The highest BCUT2D eigenvalue weighted by Gasteiger charge is 2.24. The van der Waals surface area contributed by atoms with E-state index in [0.29, 0.717) is 26.4 Å². The molecule has 1 saturated heterocycles. The predicted octanol–water partition coefficient (Wildman–Crippen LogP) is 2.34. The normalized spacial score (nSPS) is 18.0. The molecular weight excluding hydrogens is 322 g/mol. The minimum Gasteiger partial charge on any atom is -0.494 e. The van der Waals surface area contributed by atoms with Crippen LogP contribution in [0.5, 0.6) is 5.75 Å². The number of thioether (sulfide) groups is 1. The van der Waals surface area contributed by atoms with E-state index in [1.54, 1.807) is 31.5 Å². The summed E-state index contributed by atoms with van der Waals surface area (Å²) >= 11 is 2.27. The Labute approximate surface area is 133 Å². The van der Waals surface area contributed by atoms with Gasteiger partial charge >= 0.3 is 4.87 Å². The van der Waals surface area contributed by atoms with Crippen LogP contribution in [-0.4, -0.2) is 23.2 Å². The number of benzene rings is 1. The van der Waals surface area contributed by atoms with Gasteiger partial charge in [0.1, 0.15) is 11.4 Å². The average Bonchev–Trinajstić information content (AvgIpc) is 3.06. The second kappa shape index (κ2) is 6.20. The predicted molar refractivity (Wildman–Crippen MR) is 88.7 cm³/mol. The first-order valence-electron chi connectivity index (χ1n) is 6.27. The van der Waals surface area contributed by atoms with Crippen LogP contribution < -0.4 is 14.9 Å². The van der Waals surface area contributed by atoms with Gasteiger partial charge in [0.2, 0.25) is 0 Å². The average molecular weight is 333 g/mol. The van der Waals surface area contributed by atoms with Crippen LogP contribution in [0.4, 0.5) is 5.69 Å². The molecule has 3 rings (SSSR count). The van der Waals surface area contributed by atoms with Gasteiger partial charge in [-0.15, -0.1) is 0 Å². The number of H-pyrrole nitrogens is 1. The number of aromatic amines is 1. The molecule has 0 saturated carbocycles. The highest BCUT2D eigenvalue weighted by Crippen LogP contribution is 2.31. The quantitative estimate of drug-likeness (QED) is 0.845. The zero-order valence-corrected chi connectivity index (χ0v) is 13.1. The molecule has 0 atom stereocenters. The van der Waals surface area contributed by atoms with E-state index in [9.17, 15) is 9.59 Å². The van der Waals surface area contributed by atoms with E-state index in [-0.39, 0.29) is 10.8 Å². The number of thiazole rings is 1. The molecule has 1 aliphatic rings. The van der Waals surface area contributed by atoms with E-state index in [1.807, 2.05) is 12.1 Å². The van der Waals surface area contributed by atoms with Crippen molar-refractivity contribution in [1.29, 1.82) is 0 Å². The molecule has 0 spiro atoms. The van der Waals surface area contributed by atoms with Crippen molar-refractivity contribution in [3.63, 3.8) is 0 Å². The molecule has 1 amide bonds. The van der Waals surface area contributed by atoms with Crippen LogP contribution in [0.3, 0.4) is 0 Å². The first kappa shape index (κ1) is 14.6. The zero-order chi connectivity index (χ0) is 15.5. The number of hydrogen-bond acceptors (Lipinski definition) is 6. The Morgan fingerprint density at radius 2 is 2.09 bits per heavy atom. The molecule has 22 heavy (non-hydrogen) atoms. The number of carbonyl (C=O) groups excluding carboxylic acids is 1. The lowest BCUT2D eigenvalue weighted by molar-refractivity contribution is -0.115. The number of para-hydroxylation sites is 2. The van der Waals surface area contributed by atoms with Crippen molar-refractivity contribution in [1.82, 2.24) is 10.3 Å². The molecule has 1 aromatic carbocycles. The number of ether oxygens (including phenoxy) is 1. The molecule has 1 fully saturated rings. The summed E-state index contributed by atoms with van der Waals surface area (Å²) < 4.78 is 5.23. The molecule has 1 aliphatic heterocycles. The summed E-state index contributed by atoms with van der Waals surface area (Å²) in [6.07, 6.45) is 3.23. The number of aromatic nitrogens is 1. The fourth-order valence-electron chi connectivity index (χ4n) is 1.81. The van der Waals surface area contributed by atoms with Gasteiger partial charge in [0.15, 0.2) is 5.17 Å². The van der Waals surface area contributed by atoms with Crippen LogP contribution in [0.25, 0.3) is 6.08 Å². The molecule has 2 N–H and O–H groups in total. The number of nitrogens with one attached hydrogen (secondary N) is 2. The van der Waals surface area contributed by atoms with Crippen molar-refractivity contribution >= 4 is 45.9 Å². The topological polar surface area (TPSA) is 83.5 Å². The van der Waals surface area contributed by atoms with Gasteiger partial charge < -0.3 is 15.0 Å². The highest BCUT2D eigenvalue weighted by molar-refractivity contribution is 8.18. The van der Waals surface area contributed by atoms with Crippen molar-refractivity contribution in [2.45, 2.75) is 0 Å². The van der Waals surface area contributed by atoms with Crippen molar-refractivity contribution in [3.05, 3.63) is 49.9 Å². The van der Waals surface area contributed by atoms with Crippen molar-refractivity contribution < 1.29 is 9.53 Å². The lowest BCUT2D eigenvalue weighted by atomic mass is 10.3. The van der Waals surface area contributed by atoms with Crippen LogP contribution in [-0.2, 0) is 4.79 Å². The summed E-state index contributed by atoms with van der Waals surface area (Å²) in [5, 5.41) is 3.17. The lowest BCUT2D eigenvalue weighted by Gasteiger charge is -2.03. The summed E-state index contributed by atoms with van der Waals surface area (Å²) in [5.74, 6) is 0.394. The maximum absolute atomic E-state index is 11.9. The van der Waals surface area contributed by atoms with Crippen LogP contribution in [0.2, 0.25) is 0 Å². The second-order valence-corrected chi connectivity index (χ2v) is 6.31. The Morgan fingerprint density at radius 1 is 1.27 bits per heavy atom. The molecule has 6 nitrogen and oxygen atoms in total. The monoisotopic (exact) mass is 333 g/mol. The minimum absolute atomic E-state index is 0.154. The van der Waals surface area contributed by atoms with Gasteiger partial charge in [-0.3, -0.25) is 9.59 Å². The van der Waals surface area contributed by atoms with Gasteiger partial charge in [-0.25, -0.2) is 4.99 Å². The largest absolute Gasteiger partial charge is 0.494 e. The first-order valence-corrected chi connectivity index (χ1v) is 7.90.